The molecule has 2 atom stereocenters. The summed E-state index contributed by atoms with van der Waals surface area (Å²) in [5.74, 6) is -0.367. The predicted octanol–water partition coefficient (Wildman–Crippen LogP) is 3.55. The smallest absolute Gasteiger partial charge is 0.129 e. The molecular formula is C17H21FN2OS. The fourth-order valence-corrected chi connectivity index (χ4v) is 3.97. The number of thiazole rings is 1. The Morgan fingerprint density at radius 3 is 2.86 bits per heavy atom. The van der Waals surface area contributed by atoms with Gasteiger partial charge in [0.05, 0.1) is 17.8 Å². The van der Waals surface area contributed by atoms with E-state index >= 15 is 0 Å². The van der Waals surface area contributed by atoms with Gasteiger partial charge >= 0.3 is 0 Å². The van der Waals surface area contributed by atoms with Crippen LogP contribution in [0.2, 0.25) is 0 Å². The Bertz CT molecular complexity index is 620. The highest BCUT2D eigenvalue weighted by atomic mass is 32.1. The summed E-state index contributed by atoms with van der Waals surface area (Å²) >= 11 is 1.76. The molecule has 1 aliphatic carbocycles. The van der Waals surface area contributed by atoms with E-state index in [9.17, 15) is 9.50 Å². The van der Waals surface area contributed by atoms with Gasteiger partial charge in [-0.2, -0.15) is 0 Å². The van der Waals surface area contributed by atoms with Gasteiger partial charge in [-0.25, -0.2) is 9.37 Å². The number of benzene rings is 1. The monoisotopic (exact) mass is 320 g/mol. The molecule has 5 heteroatoms. The van der Waals surface area contributed by atoms with Crippen LogP contribution in [0.4, 0.5) is 4.39 Å². The molecule has 2 N–H and O–H groups in total. The lowest BCUT2D eigenvalue weighted by Gasteiger charge is -2.16. The molecule has 1 aromatic heterocycles. The highest BCUT2D eigenvalue weighted by molar-refractivity contribution is 7.11. The van der Waals surface area contributed by atoms with Gasteiger partial charge in [-0.1, -0.05) is 18.2 Å². The normalized spacial score (nSPS) is 17.0. The summed E-state index contributed by atoms with van der Waals surface area (Å²) in [6.07, 6.45) is 3.85. The molecule has 1 aromatic carbocycles. The van der Waals surface area contributed by atoms with Gasteiger partial charge < -0.3 is 10.4 Å². The first-order valence-electron chi connectivity index (χ1n) is 7.79. The maximum absolute atomic E-state index is 13.6. The molecule has 118 valence electrons. The van der Waals surface area contributed by atoms with E-state index in [-0.39, 0.29) is 11.9 Å². The van der Waals surface area contributed by atoms with Gasteiger partial charge in [0.15, 0.2) is 0 Å². The average Bonchev–Trinajstić information content (AvgIpc) is 2.97. The summed E-state index contributed by atoms with van der Waals surface area (Å²) in [6, 6.07) is 6.42. The Morgan fingerprint density at radius 1 is 1.32 bits per heavy atom. The van der Waals surface area contributed by atoms with Gasteiger partial charge in [0.25, 0.3) is 0 Å². The first-order valence-corrected chi connectivity index (χ1v) is 8.61. The maximum Gasteiger partial charge on any atom is 0.129 e. The van der Waals surface area contributed by atoms with E-state index in [0.717, 1.165) is 17.8 Å². The lowest BCUT2D eigenvalue weighted by Crippen LogP contribution is -2.25. The molecule has 1 aliphatic rings. The van der Waals surface area contributed by atoms with Crippen molar-refractivity contribution in [3.05, 3.63) is 51.2 Å². The van der Waals surface area contributed by atoms with Crippen LogP contribution in [0.1, 0.15) is 53.1 Å². The van der Waals surface area contributed by atoms with Crippen LogP contribution >= 0.6 is 11.3 Å². The zero-order valence-corrected chi connectivity index (χ0v) is 13.5. The molecule has 0 aliphatic heterocycles. The molecule has 3 nitrogen and oxygen atoms in total. The second kappa shape index (κ2) is 6.86. The number of aliphatic hydroxyl groups is 1. The summed E-state index contributed by atoms with van der Waals surface area (Å²) in [4.78, 5) is 6.13. The fraction of sp³-hybridized carbons (Fsp3) is 0.471. The number of fused-ring (bicyclic) bond motifs is 1. The molecule has 2 unspecified atom stereocenters. The van der Waals surface area contributed by atoms with Crippen molar-refractivity contribution in [2.75, 3.05) is 6.54 Å². The molecule has 22 heavy (non-hydrogen) atoms. The van der Waals surface area contributed by atoms with Gasteiger partial charge in [-0.15, -0.1) is 11.3 Å². The van der Waals surface area contributed by atoms with Crippen molar-refractivity contribution in [3.63, 3.8) is 0 Å². The van der Waals surface area contributed by atoms with Crippen LogP contribution in [0.3, 0.4) is 0 Å². The number of halogens is 1. The first-order chi connectivity index (χ1) is 10.6. The van der Waals surface area contributed by atoms with Crippen LogP contribution in [0.5, 0.6) is 0 Å². The van der Waals surface area contributed by atoms with Crippen LogP contribution in [0.15, 0.2) is 24.3 Å². The molecule has 0 amide bonds. The minimum absolute atomic E-state index is 0.0667. The van der Waals surface area contributed by atoms with Gasteiger partial charge in [-0.05, 0) is 38.7 Å². The quantitative estimate of drug-likeness (QED) is 0.885. The standard InChI is InChI=1S/C17H21FN2OS/c1-11(17-20-14-8-4-5-9-16(14)22-17)19-10-15(21)12-6-2-3-7-13(12)18/h2-3,6-7,11,15,19,21H,4-5,8-10H2,1H3. The second-order valence-corrected chi connectivity index (χ2v) is 6.91. The second-order valence-electron chi connectivity index (χ2n) is 5.80. The minimum Gasteiger partial charge on any atom is -0.387 e. The molecule has 0 fully saturated rings. The Labute approximate surface area is 134 Å². The van der Waals surface area contributed by atoms with Crippen molar-refractivity contribution in [3.8, 4) is 0 Å². The molecule has 2 aromatic rings. The Kier molecular flexibility index (Phi) is 4.86. The van der Waals surface area contributed by atoms with E-state index in [1.54, 1.807) is 29.5 Å². The fourth-order valence-electron chi connectivity index (χ4n) is 2.79. The van der Waals surface area contributed by atoms with Gasteiger partial charge in [-0.3, -0.25) is 0 Å². The summed E-state index contributed by atoms with van der Waals surface area (Å²) in [5.41, 5.74) is 1.58. The average molecular weight is 320 g/mol. The zero-order chi connectivity index (χ0) is 15.5. The summed E-state index contributed by atoms with van der Waals surface area (Å²) < 4.78 is 13.6. The van der Waals surface area contributed by atoms with Crippen molar-refractivity contribution in [2.24, 2.45) is 0 Å². The van der Waals surface area contributed by atoms with E-state index in [0.29, 0.717) is 12.1 Å². The van der Waals surface area contributed by atoms with Crippen LogP contribution in [-0.2, 0) is 12.8 Å². The first kappa shape index (κ1) is 15.6. The highest BCUT2D eigenvalue weighted by Crippen LogP contribution is 2.30. The third-order valence-electron chi connectivity index (χ3n) is 4.11. The highest BCUT2D eigenvalue weighted by Gasteiger charge is 2.19. The molecule has 0 radical (unpaired) electrons. The van der Waals surface area contributed by atoms with Gasteiger partial charge in [0.1, 0.15) is 10.8 Å². The predicted molar refractivity (Wildman–Crippen MR) is 86.5 cm³/mol. The van der Waals surface area contributed by atoms with Gasteiger partial charge in [0.2, 0.25) is 0 Å². The van der Waals surface area contributed by atoms with Gasteiger partial charge in [0, 0.05) is 17.0 Å². The molecule has 0 saturated heterocycles. The molecule has 3 rings (SSSR count). The van der Waals surface area contributed by atoms with Crippen molar-refractivity contribution in [1.29, 1.82) is 0 Å². The molecule has 0 spiro atoms. The third-order valence-corrected chi connectivity index (χ3v) is 5.45. The molecular weight excluding hydrogens is 299 g/mol. The maximum atomic E-state index is 13.6. The van der Waals surface area contributed by atoms with Crippen molar-refractivity contribution < 1.29 is 9.50 Å². The van der Waals surface area contributed by atoms with Crippen molar-refractivity contribution in [1.82, 2.24) is 10.3 Å². The number of aliphatic hydroxyl groups excluding tert-OH is 1. The lowest BCUT2D eigenvalue weighted by molar-refractivity contribution is 0.166. The van der Waals surface area contributed by atoms with Crippen molar-refractivity contribution in [2.45, 2.75) is 44.8 Å². The van der Waals surface area contributed by atoms with Crippen LogP contribution in [0, 0.1) is 5.82 Å². The Morgan fingerprint density at radius 2 is 2.09 bits per heavy atom. The number of aromatic nitrogens is 1. The van der Waals surface area contributed by atoms with E-state index in [4.69, 9.17) is 4.98 Å². The molecule has 0 saturated carbocycles. The van der Waals surface area contributed by atoms with E-state index in [1.807, 2.05) is 6.92 Å². The van der Waals surface area contributed by atoms with Crippen LogP contribution in [0.25, 0.3) is 0 Å². The molecule has 0 bridgehead atoms. The van der Waals surface area contributed by atoms with Crippen LogP contribution < -0.4 is 5.32 Å². The SMILES string of the molecule is CC(NCC(O)c1ccccc1F)c1nc2c(s1)CCCC2. The number of aryl methyl sites for hydroxylation is 2. The van der Waals surface area contributed by atoms with E-state index in [1.165, 1.54) is 29.5 Å². The number of nitrogens with zero attached hydrogens (tertiary/aromatic N) is 1. The Hall–Kier alpha value is -1.30. The lowest BCUT2D eigenvalue weighted by atomic mass is 10.0. The topological polar surface area (TPSA) is 45.1 Å². The zero-order valence-electron chi connectivity index (χ0n) is 12.7. The summed E-state index contributed by atoms with van der Waals surface area (Å²) in [5, 5.41) is 14.5. The number of nitrogens with one attached hydrogen (secondary N) is 1. The third kappa shape index (κ3) is 3.37. The van der Waals surface area contributed by atoms with E-state index < -0.39 is 6.10 Å². The number of hydrogen-bond acceptors (Lipinski definition) is 4. The number of rotatable bonds is 5. The van der Waals surface area contributed by atoms with E-state index in [2.05, 4.69) is 5.32 Å². The Balaban J connectivity index is 1.61. The number of hydrogen-bond donors (Lipinski definition) is 2. The molecule has 1 heterocycles. The summed E-state index contributed by atoms with van der Waals surface area (Å²) in [7, 11) is 0. The summed E-state index contributed by atoms with van der Waals surface area (Å²) in [6.45, 7) is 2.35. The minimum atomic E-state index is -0.849. The largest absolute Gasteiger partial charge is 0.387 e. The van der Waals surface area contributed by atoms with Crippen LogP contribution in [-0.4, -0.2) is 16.6 Å². The van der Waals surface area contributed by atoms with Crippen molar-refractivity contribution >= 4 is 11.3 Å².